The lowest BCUT2D eigenvalue weighted by molar-refractivity contribution is 0.0240. The standard InChI is InChI=1S/C42H46N4O3S/c1-31-5-9-33(10-6-31)43-36-23-27-42(28-24-36,46-38-11-7-32(2)8-12-38)50-30-29-49-41(45-37-15-19-40(48-4)20-16-37)25-21-35(22-26-41)44-34-13-17-39(47-3)18-14-34/h5-25,27,43-46H,26,28-30H2,1-4H3. The molecule has 0 aliphatic heterocycles. The Morgan fingerprint density at radius 1 is 0.580 bits per heavy atom. The topological polar surface area (TPSA) is 75.8 Å². The van der Waals surface area contributed by atoms with E-state index in [4.69, 9.17) is 14.2 Å². The zero-order chi connectivity index (χ0) is 34.8. The number of aryl methyl sites for hydroxylation is 2. The molecule has 258 valence electrons. The second kappa shape index (κ2) is 16.1. The van der Waals surface area contributed by atoms with Gasteiger partial charge in [-0.05, 0) is 111 Å². The van der Waals surface area contributed by atoms with Gasteiger partial charge in [0.25, 0.3) is 0 Å². The summed E-state index contributed by atoms with van der Waals surface area (Å²) in [5, 5.41) is 14.5. The fourth-order valence-electron chi connectivity index (χ4n) is 5.79. The summed E-state index contributed by atoms with van der Waals surface area (Å²) in [4.78, 5) is -0.328. The summed E-state index contributed by atoms with van der Waals surface area (Å²) in [6.07, 6.45) is 14.5. The molecule has 4 aromatic carbocycles. The van der Waals surface area contributed by atoms with Crippen LogP contribution in [-0.2, 0) is 4.74 Å². The molecule has 2 aliphatic rings. The van der Waals surface area contributed by atoms with E-state index in [9.17, 15) is 0 Å². The Morgan fingerprint density at radius 2 is 1.06 bits per heavy atom. The van der Waals surface area contributed by atoms with Crippen molar-refractivity contribution in [2.24, 2.45) is 0 Å². The van der Waals surface area contributed by atoms with Crippen molar-refractivity contribution in [3.05, 3.63) is 156 Å². The molecule has 6 rings (SSSR count). The molecular weight excluding hydrogens is 641 g/mol. The van der Waals surface area contributed by atoms with Gasteiger partial charge in [0.15, 0.2) is 5.72 Å². The third kappa shape index (κ3) is 9.34. The van der Waals surface area contributed by atoms with Gasteiger partial charge < -0.3 is 35.5 Å². The van der Waals surface area contributed by atoms with Crippen LogP contribution in [0.5, 0.6) is 11.5 Å². The summed E-state index contributed by atoms with van der Waals surface area (Å²) in [5.41, 5.74) is 7.98. The van der Waals surface area contributed by atoms with Crippen LogP contribution in [-0.4, -0.2) is 37.2 Å². The van der Waals surface area contributed by atoms with Gasteiger partial charge in [0.2, 0.25) is 0 Å². The molecule has 2 aliphatic carbocycles. The molecule has 4 aromatic rings. The maximum atomic E-state index is 6.75. The Hall–Kier alpha value is -5.05. The van der Waals surface area contributed by atoms with Crippen molar-refractivity contribution in [2.75, 3.05) is 47.8 Å². The molecule has 0 bridgehead atoms. The molecule has 4 N–H and O–H groups in total. The highest BCUT2D eigenvalue weighted by atomic mass is 32.2. The van der Waals surface area contributed by atoms with Crippen LogP contribution in [0.15, 0.2) is 145 Å². The monoisotopic (exact) mass is 686 g/mol. The summed E-state index contributed by atoms with van der Waals surface area (Å²) >= 11 is 1.86. The molecule has 0 spiro atoms. The fourth-order valence-corrected chi connectivity index (χ4v) is 6.88. The Labute approximate surface area is 300 Å². The van der Waals surface area contributed by atoms with Gasteiger partial charge in [-0.15, -0.1) is 11.8 Å². The summed E-state index contributed by atoms with van der Waals surface area (Å²) in [6.45, 7) is 4.75. The number of thioether (sulfide) groups is 1. The Kier molecular flexibility index (Phi) is 11.2. The van der Waals surface area contributed by atoms with E-state index < -0.39 is 5.72 Å². The van der Waals surface area contributed by atoms with E-state index in [1.807, 2.05) is 60.3 Å². The van der Waals surface area contributed by atoms with Gasteiger partial charge in [-0.1, -0.05) is 47.5 Å². The third-order valence-corrected chi connectivity index (χ3v) is 9.98. The van der Waals surface area contributed by atoms with Gasteiger partial charge in [0.05, 0.1) is 20.8 Å². The van der Waals surface area contributed by atoms with Gasteiger partial charge in [-0.3, -0.25) is 0 Å². The predicted octanol–water partition coefficient (Wildman–Crippen LogP) is 9.90. The first-order valence-electron chi connectivity index (χ1n) is 16.9. The number of ether oxygens (including phenoxy) is 3. The van der Waals surface area contributed by atoms with Gasteiger partial charge >= 0.3 is 0 Å². The van der Waals surface area contributed by atoms with E-state index in [1.165, 1.54) is 11.1 Å². The smallest absolute Gasteiger partial charge is 0.161 e. The number of anilines is 4. The van der Waals surface area contributed by atoms with Crippen LogP contribution in [0.4, 0.5) is 22.7 Å². The zero-order valence-electron chi connectivity index (χ0n) is 29.2. The first-order chi connectivity index (χ1) is 24.3. The van der Waals surface area contributed by atoms with Gasteiger partial charge in [-0.2, -0.15) is 0 Å². The molecular formula is C42H46N4O3S. The van der Waals surface area contributed by atoms with Crippen molar-refractivity contribution < 1.29 is 14.2 Å². The molecule has 7 nitrogen and oxygen atoms in total. The molecule has 0 saturated heterocycles. The normalized spacial score (nSPS) is 19.6. The number of hydrogen-bond acceptors (Lipinski definition) is 8. The molecule has 0 fully saturated rings. The Morgan fingerprint density at radius 3 is 1.56 bits per heavy atom. The largest absolute Gasteiger partial charge is 0.497 e. The Bertz CT molecular complexity index is 1830. The highest BCUT2D eigenvalue weighted by molar-refractivity contribution is 8.00. The van der Waals surface area contributed by atoms with Crippen LogP contribution < -0.4 is 30.7 Å². The minimum atomic E-state index is -0.717. The second-order valence-electron chi connectivity index (χ2n) is 12.6. The quantitative estimate of drug-likeness (QED) is 0.0728. The molecule has 0 heterocycles. The van der Waals surface area contributed by atoms with E-state index in [0.29, 0.717) is 13.0 Å². The van der Waals surface area contributed by atoms with Crippen LogP contribution in [0.1, 0.15) is 24.0 Å². The van der Waals surface area contributed by atoms with Gasteiger partial charge in [0.1, 0.15) is 16.4 Å². The summed E-state index contributed by atoms with van der Waals surface area (Å²) < 4.78 is 17.4. The van der Waals surface area contributed by atoms with Crippen LogP contribution in [0.3, 0.4) is 0 Å². The highest BCUT2D eigenvalue weighted by Crippen LogP contribution is 2.37. The molecule has 50 heavy (non-hydrogen) atoms. The maximum absolute atomic E-state index is 6.75. The first kappa shape index (κ1) is 34.8. The number of hydrogen-bond donors (Lipinski definition) is 4. The SMILES string of the molecule is COc1ccc(NC2=CCC(Nc3ccc(OC)cc3)(OCCSC3(Nc4ccc(C)cc4)C=CC(Nc4ccc(C)cc4)=CC3)C=C2)cc1. The van der Waals surface area contributed by atoms with Crippen molar-refractivity contribution in [1.29, 1.82) is 0 Å². The minimum absolute atomic E-state index is 0.328. The number of nitrogens with one attached hydrogen (secondary N) is 4. The summed E-state index contributed by atoms with van der Waals surface area (Å²) in [5.74, 6) is 2.41. The number of allylic oxidation sites excluding steroid dienone is 2. The molecule has 0 aromatic heterocycles. The number of rotatable bonds is 15. The fraction of sp³-hybridized carbons (Fsp3) is 0.238. The zero-order valence-corrected chi connectivity index (χ0v) is 30.0. The van der Waals surface area contributed by atoms with Crippen LogP contribution >= 0.6 is 11.8 Å². The highest BCUT2D eigenvalue weighted by Gasteiger charge is 2.32. The van der Waals surface area contributed by atoms with E-state index in [-0.39, 0.29) is 4.87 Å². The molecule has 2 atom stereocenters. The lowest BCUT2D eigenvalue weighted by Gasteiger charge is -2.36. The average Bonchev–Trinajstić information content (AvgIpc) is 3.15. The minimum Gasteiger partial charge on any atom is -0.497 e. The lowest BCUT2D eigenvalue weighted by Crippen LogP contribution is -2.41. The van der Waals surface area contributed by atoms with Crippen molar-refractivity contribution >= 4 is 34.5 Å². The van der Waals surface area contributed by atoms with Crippen molar-refractivity contribution in [3.8, 4) is 11.5 Å². The summed E-state index contributed by atoms with van der Waals surface area (Å²) in [6, 6.07) is 32.9. The number of benzene rings is 4. The van der Waals surface area contributed by atoms with E-state index >= 15 is 0 Å². The average molecular weight is 687 g/mol. The van der Waals surface area contributed by atoms with Crippen LogP contribution in [0.25, 0.3) is 0 Å². The molecule has 0 saturated carbocycles. The summed E-state index contributed by atoms with van der Waals surface area (Å²) in [7, 11) is 3.35. The van der Waals surface area contributed by atoms with Crippen molar-refractivity contribution in [3.63, 3.8) is 0 Å². The van der Waals surface area contributed by atoms with Crippen molar-refractivity contribution in [1.82, 2.24) is 0 Å². The molecule has 2 unspecified atom stereocenters. The number of methoxy groups -OCH3 is 2. The second-order valence-corrected chi connectivity index (χ2v) is 14.0. The van der Waals surface area contributed by atoms with Gasteiger partial charge in [0, 0.05) is 52.7 Å². The molecule has 8 heteroatoms. The Balaban J connectivity index is 1.14. The molecule has 0 amide bonds. The third-order valence-electron chi connectivity index (χ3n) is 8.69. The maximum Gasteiger partial charge on any atom is 0.161 e. The lowest BCUT2D eigenvalue weighted by atomic mass is 10.0. The van der Waals surface area contributed by atoms with Crippen LogP contribution in [0.2, 0.25) is 0 Å². The first-order valence-corrected chi connectivity index (χ1v) is 17.9. The van der Waals surface area contributed by atoms with Gasteiger partial charge in [-0.25, -0.2) is 0 Å². The van der Waals surface area contributed by atoms with E-state index in [1.54, 1.807) is 14.2 Å². The van der Waals surface area contributed by atoms with E-state index in [0.717, 1.165) is 57.8 Å². The van der Waals surface area contributed by atoms with E-state index in [2.05, 4.69) is 120 Å². The van der Waals surface area contributed by atoms with Crippen LogP contribution in [0, 0.1) is 13.8 Å². The molecule has 0 radical (unpaired) electrons. The van der Waals surface area contributed by atoms with Crippen molar-refractivity contribution in [2.45, 2.75) is 37.3 Å². The predicted molar refractivity (Wildman–Crippen MR) is 210 cm³/mol.